The highest BCUT2D eigenvalue weighted by Gasteiger charge is 2.69. The van der Waals surface area contributed by atoms with E-state index in [4.69, 9.17) is 23.3 Å². The van der Waals surface area contributed by atoms with E-state index in [0.29, 0.717) is 0 Å². The quantitative estimate of drug-likeness (QED) is 0.292. The van der Waals surface area contributed by atoms with Crippen LogP contribution in [0.5, 0.6) is 5.75 Å². The number of nitrogens with zero attached hydrogens (tertiary/aromatic N) is 1. The minimum atomic E-state index is -4.25. The number of hydrogen-bond acceptors (Lipinski definition) is 10. The number of aromatic amines is 1. The Balaban J connectivity index is 1.57. The topological polar surface area (TPSA) is 167 Å². The van der Waals surface area contributed by atoms with Gasteiger partial charge < -0.3 is 23.8 Å². The Morgan fingerprint density at radius 2 is 1.97 bits per heavy atom. The lowest BCUT2D eigenvalue weighted by molar-refractivity contribution is -0.212. The van der Waals surface area contributed by atoms with E-state index in [1.165, 1.54) is 13.1 Å². The lowest BCUT2D eigenvalue weighted by atomic mass is 9.92. The zero-order chi connectivity index (χ0) is 27.0. The second kappa shape index (κ2) is 10.2. The molecule has 1 aromatic carbocycles. The third-order valence-electron chi connectivity index (χ3n) is 6.11. The number of hydrogen-bond donors (Lipinski definition) is 3. The highest BCUT2D eigenvalue weighted by molar-refractivity contribution is 7.52. The van der Waals surface area contributed by atoms with Gasteiger partial charge in [-0.3, -0.25) is 23.7 Å². The average Bonchev–Trinajstić information content (AvgIpc) is 3.20. The molecule has 2 aromatic rings. The number of carbonyl (C=O) groups excluding carboxylic acids is 1. The molecule has 3 heterocycles. The average molecular weight is 539 g/mol. The van der Waals surface area contributed by atoms with Crippen molar-refractivity contribution in [2.75, 3.05) is 13.2 Å². The second-order valence-corrected chi connectivity index (χ2v) is 11.1. The summed E-state index contributed by atoms with van der Waals surface area (Å²) in [5, 5.41) is 13.7. The Bertz CT molecular complexity index is 1300. The molecule has 2 saturated heterocycles. The number of aliphatic hydroxyl groups is 1. The van der Waals surface area contributed by atoms with Gasteiger partial charge in [-0.05, 0) is 39.8 Å². The molecule has 4 rings (SSSR count). The maximum Gasteiger partial charge on any atom is 0.459 e. The Morgan fingerprint density at radius 3 is 2.62 bits per heavy atom. The van der Waals surface area contributed by atoms with Gasteiger partial charge in [-0.2, -0.15) is 5.09 Å². The lowest BCUT2D eigenvalue weighted by Gasteiger charge is -2.34. The number of aliphatic hydroxyl groups excluding tert-OH is 1. The highest BCUT2D eigenvalue weighted by atomic mass is 31.2. The van der Waals surface area contributed by atoms with Crippen LogP contribution in [0, 0.1) is 0 Å². The number of benzene rings is 1. The molecular formula is C23H30N3O10P. The first kappa shape index (κ1) is 27.2. The summed E-state index contributed by atoms with van der Waals surface area (Å²) in [6, 6.07) is 8.26. The van der Waals surface area contributed by atoms with E-state index in [2.05, 4.69) is 10.1 Å². The summed E-state index contributed by atoms with van der Waals surface area (Å²) in [5.41, 5.74) is -4.26. The number of H-pyrrole nitrogens is 1. The van der Waals surface area contributed by atoms with Crippen LogP contribution < -0.4 is 20.9 Å². The molecule has 0 amide bonds. The number of nitrogens with one attached hydrogen (secondary N) is 2. The summed E-state index contributed by atoms with van der Waals surface area (Å²) >= 11 is 0. The second-order valence-electron chi connectivity index (χ2n) is 9.44. The number of rotatable bonds is 10. The molecule has 0 radical (unpaired) electrons. The monoisotopic (exact) mass is 539 g/mol. The van der Waals surface area contributed by atoms with Crippen LogP contribution in [-0.2, 0) is 28.1 Å². The van der Waals surface area contributed by atoms with Gasteiger partial charge in [0.25, 0.3) is 5.56 Å². The van der Waals surface area contributed by atoms with Crippen LogP contribution in [0.4, 0.5) is 0 Å². The Hall–Kier alpha value is -2.80. The van der Waals surface area contributed by atoms with Crippen LogP contribution in [0.2, 0.25) is 0 Å². The fourth-order valence-electron chi connectivity index (χ4n) is 4.23. The van der Waals surface area contributed by atoms with E-state index in [9.17, 15) is 24.1 Å². The van der Waals surface area contributed by atoms with Gasteiger partial charge in [0.15, 0.2) is 6.23 Å². The molecule has 0 unspecified atom stereocenters. The molecule has 0 saturated carbocycles. The first-order valence-electron chi connectivity index (χ1n) is 11.7. The van der Waals surface area contributed by atoms with Crippen LogP contribution in [0.3, 0.4) is 0 Å². The van der Waals surface area contributed by atoms with E-state index in [-0.39, 0.29) is 12.4 Å². The SMILES string of the molecule is CC(C)OC(=O)[C@@H](C)N[P@@](=O)(OC[C@]12CO[C@](C)([C@@H]1O)[C@H](n1ccc(=O)[nH]c1=O)O2)Oc1ccccc1. The van der Waals surface area contributed by atoms with E-state index in [1.807, 2.05) is 0 Å². The Morgan fingerprint density at radius 1 is 1.27 bits per heavy atom. The lowest BCUT2D eigenvalue weighted by Crippen LogP contribution is -2.46. The first-order chi connectivity index (χ1) is 17.4. The third kappa shape index (κ3) is 5.42. The zero-order valence-corrected chi connectivity index (χ0v) is 21.7. The largest absolute Gasteiger partial charge is 0.462 e. The molecule has 37 heavy (non-hydrogen) atoms. The van der Waals surface area contributed by atoms with Crippen molar-refractivity contribution in [3.05, 3.63) is 63.4 Å². The van der Waals surface area contributed by atoms with Crippen molar-refractivity contribution in [2.45, 2.75) is 63.4 Å². The number of esters is 1. The third-order valence-corrected chi connectivity index (χ3v) is 7.74. The van der Waals surface area contributed by atoms with Gasteiger partial charge in [0, 0.05) is 12.3 Å². The van der Waals surface area contributed by atoms with Crippen molar-refractivity contribution in [2.24, 2.45) is 0 Å². The molecule has 2 bridgehead atoms. The van der Waals surface area contributed by atoms with Gasteiger partial charge in [0.2, 0.25) is 0 Å². The van der Waals surface area contributed by atoms with Gasteiger partial charge in [0.1, 0.15) is 29.1 Å². The van der Waals surface area contributed by atoms with E-state index < -0.39 is 67.3 Å². The molecule has 14 heteroatoms. The van der Waals surface area contributed by atoms with Gasteiger partial charge in [-0.15, -0.1) is 0 Å². The predicted octanol–water partition coefficient (Wildman–Crippen LogP) is 1.09. The summed E-state index contributed by atoms with van der Waals surface area (Å²) in [6.45, 7) is 5.73. The summed E-state index contributed by atoms with van der Waals surface area (Å²) in [4.78, 5) is 38.4. The maximum absolute atomic E-state index is 13.8. The minimum Gasteiger partial charge on any atom is -0.462 e. The van der Waals surface area contributed by atoms with Crippen LogP contribution in [0.15, 0.2) is 52.2 Å². The summed E-state index contributed by atoms with van der Waals surface area (Å²) < 4.78 is 43.3. The smallest absolute Gasteiger partial charge is 0.459 e. The van der Waals surface area contributed by atoms with Crippen molar-refractivity contribution < 1.29 is 37.7 Å². The number of carbonyl (C=O) groups is 1. The number of para-hydroxylation sites is 1. The number of ether oxygens (including phenoxy) is 3. The summed E-state index contributed by atoms with van der Waals surface area (Å²) in [5.74, 6) is -0.460. The van der Waals surface area contributed by atoms with Crippen molar-refractivity contribution >= 4 is 13.7 Å². The number of fused-ring (bicyclic) bond motifs is 2. The standard InChI is InChI=1S/C23H30N3O10P/c1-14(2)34-18(28)15(3)25-37(31,36-16-8-6-5-7-9-16)33-13-23-12-32-22(4,19(23)29)20(35-23)26-11-10-17(27)24-21(26)30/h5-11,14-15,19-20,29H,12-13H2,1-4H3,(H,25,31)(H,24,27,30)/t15-,19+,20-,22-,23-,37-/m1/s1. The molecule has 6 atom stereocenters. The molecule has 0 aliphatic carbocycles. The van der Waals surface area contributed by atoms with Crippen molar-refractivity contribution in [1.29, 1.82) is 0 Å². The Labute approximate surface area is 212 Å². The molecular weight excluding hydrogens is 509 g/mol. The zero-order valence-electron chi connectivity index (χ0n) is 20.8. The maximum atomic E-state index is 13.8. The van der Waals surface area contributed by atoms with Crippen molar-refractivity contribution in [3.63, 3.8) is 0 Å². The molecule has 3 N–H and O–H groups in total. The number of aromatic nitrogens is 2. The molecule has 202 valence electrons. The first-order valence-corrected chi connectivity index (χ1v) is 13.2. The predicted molar refractivity (Wildman–Crippen MR) is 129 cm³/mol. The van der Waals surface area contributed by atoms with Crippen LogP contribution in [0.25, 0.3) is 0 Å². The highest BCUT2D eigenvalue weighted by Crippen LogP contribution is 2.54. The minimum absolute atomic E-state index is 0.143. The molecule has 1 aromatic heterocycles. The van der Waals surface area contributed by atoms with Gasteiger partial charge in [-0.25, -0.2) is 9.36 Å². The Kier molecular flexibility index (Phi) is 7.48. The van der Waals surface area contributed by atoms with E-state index >= 15 is 0 Å². The normalized spacial score (nSPS) is 29.1. The van der Waals surface area contributed by atoms with Gasteiger partial charge in [-0.1, -0.05) is 18.2 Å². The van der Waals surface area contributed by atoms with Gasteiger partial charge in [0.05, 0.1) is 19.3 Å². The van der Waals surface area contributed by atoms with E-state index in [1.54, 1.807) is 51.1 Å². The molecule has 2 aliphatic rings. The summed E-state index contributed by atoms with van der Waals surface area (Å²) in [7, 11) is -4.25. The van der Waals surface area contributed by atoms with E-state index in [0.717, 1.165) is 10.6 Å². The van der Waals surface area contributed by atoms with Crippen molar-refractivity contribution in [3.8, 4) is 5.75 Å². The van der Waals surface area contributed by atoms with Crippen LogP contribution >= 0.6 is 7.75 Å². The fraction of sp³-hybridized carbons (Fsp3) is 0.522. The van der Waals surface area contributed by atoms with Crippen LogP contribution in [-0.4, -0.2) is 63.3 Å². The van der Waals surface area contributed by atoms with Gasteiger partial charge >= 0.3 is 19.4 Å². The molecule has 0 spiro atoms. The van der Waals surface area contributed by atoms with Crippen LogP contribution in [0.1, 0.15) is 33.9 Å². The molecule has 2 aliphatic heterocycles. The molecule has 2 fully saturated rings. The van der Waals surface area contributed by atoms with Crippen molar-refractivity contribution in [1.82, 2.24) is 14.6 Å². The summed E-state index contributed by atoms with van der Waals surface area (Å²) in [6.07, 6.45) is -1.59. The molecule has 13 nitrogen and oxygen atoms in total. The fourth-order valence-corrected chi connectivity index (χ4v) is 5.78.